The zero-order valence-electron chi connectivity index (χ0n) is 12.9. The molecule has 1 aromatic rings. The molecule has 5 atom stereocenters. The number of esters is 1. The van der Waals surface area contributed by atoms with E-state index >= 15 is 0 Å². The van der Waals surface area contributed by atoms with Crippen molar-refractivity contribution in [3.8, 4) is 0 Å². The average molecular weight is 345 g/mol. The van der Waals surface area contributed by atoms with E-state index in [1.807, 2.05) is 18.2 Å². The van der Waals surface area contributed by atoms with Crippen LogP contribution in [0.2, 0.25) is 0 Å². The molecule has 126 valence electrons. The van der Waals surface area contributed by atoms with Crippen molar-refractivity contribution in [3.05, 3.63) is 35.9 Å². The fourth-order valence-electron chi connectivity index (χ4n) is 2.31. The first-order valence-corrected chi connectivity index (χ1v) is 8.72. The van der Waals surface area contributed by atoms with Crippen molar-refractivity contribution < 1.29 is 32.5 Å². The molecule has 8 heteroatoms. The van der Waals surface area contributed by atoms with Gasteiger partial charge in [0.25, 0.3) is 0 Å². The van der Waals surface area contributed by atoms with Crippen LogP contribution in [0.3, 0.4) is 0 Å². The zero-order valence-corrected chi connectivity index (χ0v) is 13.8. The summed E-state index contributed by atoms with van der Waals surface area (Å²) in [7, 11) is -0.618. The van der Waals surface area contributed by atoms with Gasteiger partial charge in [0.05, 0.1) is 6.61 Å². The fraction of sp³-hybridized carbons (Fsp3) is 0.533. The van der Waals surface area contributed by atoms with E-state index in [1.165, 1.54) is 13.8 Å². The first kappa shape index (κ1) is 17.9. The highest BCUT2D eigenvalue weighted by Crippen LogP contribution is 2.33. The normalized spacial score (nSPS) is 27.7. The van der Waals surface area contributed by atoms with E-state index in [4.69, 9.17) is 18.7 Å². The third-order valence-corrected chi connectivity index (χ3v) is 3.89. The Morgan fingerprint density at radius 1 is 1.35 bits per heavy atom. The van der Waals surface area contributed by atoms with Crippen LogP contribution < -0.4 is 0 Å². The lowest BCUT2D eigenvalue weighted by molar-refractivity contribution is -0.160. The van der Waals surface area contributed by atoms with Gasteiger partial charge in [-0.3, -0.25) is 0 Å². The zero-order chi connectivity index (χ0) is 16.8. The monoisotopic (exact) mass is 345 g/mol. The van der Waals surface area contributed by atoms with Gasteiger partial charge in [0.15, 0.2) is 25.0 Å². The molecule has 0 N–H and O–H groups in total. The van der Waals surface area contributed by atoms with Gasteiger partial charge < -0.3 is 14.2 Å². The van der Waals surface area contributed by atoms with Gasteiger partial charge in [-0.15, -0.1) is 4.52 Å². The van der Waals surface area contributed by atoms with Crippen molar-refractivity contribution in [3.63, 3.8) is 0 Å². The Morgan fingerprint density at radius 2 is 2.04 bits per heavy atom. The molecule has 2 unspecified atom stereocenters. The van der Waals surface area contributed by atoms with Crippen LogP contribution in [-0.4, -0.2) is 50.8 Å². The van der Waals surface area contributed by atoms with Gasteiger partial charge in [-0.05, 0) is 10.1 Å². The minimum Gasteiger partial charge on any atom is -0.459 e. The number of halogens is 1. The van der Waals surface area contributed by atoms with E-state index in [-0.39, 0.29) is 13.2 Å². The highest BCUT2D eigenvalue weighted by Gasteiger charge is 2.53. The van der Waals surface area contributed by atoms with Crippen molar-refractivity contribution in [2.45, 2.75) is 31.1 Å². The molecule has 2 rings (SSSR count). The summed E-state index contributed by atoms with van der Waals surface area (Å²) >= 11 is 0. The molecule has 0 radical (unpaired) electrons. The average Bonchev–Trinajstić information content (AvgIpc) is 2.83. The van der Waals surface area contributed by atoms with Gasteiger partial charge in [0.1, 0.15) is 12.7 Å². The summed E-state index contributed by atoms with van der Waals surface area (Å²) in [6.07, 6.45) is -5.13. The number of rotatable bonds is 7. The van der Waals surface area contributed by atoms with Crippen molar-refractivity contribution >= 4 is 14.0 Å². The van der Waals surface area contributed by atoms with Crippen molar-refractivity contribution in [2.75, 3.05) is 20.4 Å². The maximum atomic E-state index is 14.4. The van der Waals surface area contributed by atoms with E-state index in [0.717, 1.165) is 5.56 Å². The number of methoxy groups -OCH3 is 1. The highest BCUT2D eigenvalue weighted by atomic mass is 31.1. The second-order valence-corrected chi connectivity index (χ2v) is 6.19. The molecule has 0 spiro atoms. The van der Waals surface area contributed by atoms with Gasteiger partial charge in [-0.1, -0.05) is 30.3 Å². The summed E-state index contributed by atoms with van der Waals surface area (Å²) in [5, 5.41) is 0. The molecule has 1 fully saturated rings. The van der Waals surface area contributed by atoms with Crippen LogP contribution in [0.4, 0.5) is 4.39 Å². The molecule has 1 saturated heterocycles. The second kappa shape index (κ2) is 8.45. The minimum absolute atomic E-state index is 0.0226. The lowest BCUT2D eigenvalue weighted by atomic mass is 10.1. The third-order valence-electron chi connectivity index (χ3n) is 3.35. The molecule has 0 bridgehead atoms. The maximum Gasteiger partial charge on any atom is 0.505 e. The molecule has 1 heterocycles. The van der Waals surface area contributed by atoms with Gasteiger partial charge in [0, 0.05) is 7.11 Å². The molecule has 0 amide bonds. The van der Waals surface area contributed by atoms with Gasteiger partial charge in [-0.2, -0.15) is 0 Å². The maximum absolute atomic E-state index is 14.4. The largest absolute Gasteiger partial charge is 0.505 e. The molecule has 0 aliphatic carbocycles. The first-order chi connectivity index (χ1) is 11.0. The van der Waals surface area contributed by atoms with E-state index in [0.29, 0.717) is 0 Å². The van der Waals surface area contributed by atoms with Crippen LogP contribution in [0.1, 0.15) is 5.56 Å². The Morgan fingerprint density at radius 3 is 2.65 bits per heavy atom. The molecular formula is C15H19FO6P+. The van der Waals surface area contributed by atoms with Crippen molar-refractivity contribution in [1.82, 2.24) is 0 Å². The summed E-state index contributed by atoms with van der Waals surface area (Å²) in [5.41, 5.74) is 0.784. The summed E-state index contributed by atoms with van der Waals surface area (Å²) in [6.45, 7) is 1.36. The summed E-state index contributed by atoms with van der Waals surface area (Å²) in [5.74, 6) is -0.820. The van der Waals surface area contributed by atoms with E-state index in [2.05, 4.69) is 0 Å². The van der Waals surface area contributed by atoms with Crippen LogP contribution in [0.15, 0.2) is 30.3 Å². The van der Waals surface area contributed by atoms with Crippen LogP contribution in [0.5, 0.6) is 0 Å². The highest BCUT2D eigenvalue weighted by molar-refractivity contribution is 7.38. The van der Waals surface area contributed by atoms with Gasteiger partial charge >= 0.3 is 14.0 Å². The smallest absolute Gasteiger partial charge is 0.459 e. The Labute approximate surface area is 134 Å². The van der Waals surface area contributed by atoms with Crippen LogP contribution in [0.25, 0.3) is 0 Å². The lowest BCUT2D eigenvalue weighted by Crippen LogP contribution is -2.35. The molecule has 23 heavy (non-hydrogen) atoms. The number of carbonyl (C=O) groups is 1. The molecule has 1 aliphatic heterocycles. The van der Waals surface area contributed by atoms with E-state index in [1.54, 1.807) is 12.1 Å². The Bertz CT molecular complexity index is 540. The predicted octanol–water partition coefficient (Wildman–Crippen LogP) is 2.24. The van der Waals surface area contributed by atoms with Crippen LogP contribution in [0, 0.1) is 0 Å². The number of ether oxygens (including phenoxy) is 3. The molecule has 0 saturated carbocycles. The Hall–Kier alpha value is -1.40. The molecular weight excluding hydrogens is 326 g/mol. The van der Waals surface area contributed by atoms with Gasteiger partial charge in [0.2, 0.25) is 0 Å². The second-order valence-electron chi connectivity index (χ2n) is 5.10. The topological polar surface area (TPSA) is 71.1 Å². The Kier molecular flexibility index (Phi) is 6.59. The first-order valence-electron chi connectivity index (χ1n) is 7.09. The van der Waals surface area contributed by atoms with Crippen molar-refractivity contribution in [2.24, 2.45) is 0 Å². The van der Waals surface area contributed by atoms with Crippen molar-refractivity contribution in [1.29, 1.82) is 0 Å². The number of hydrogen-bond donors (Lipinski definition) is 0. The summed E-state index contributed by atoms with van der Waals surface area (Å²) < 4.78 is 46.1. The molecule has 6 nitrogen and oxygen atoms in total. The summed E-state index contributed by atoms with van der Waals surface area (Å²) in [4.78, 5) is 12.1. The number of alkyl halides is 1. The standard InChI is InChI=1S/C15H19FO6P/c1-19-9-11-13(22-23(2)18)12(16)14(21-11)15(17)20-8-10-6-4-3-5-7-10/h3-7,11-14H,8-9H2,1-2H3/q+1/t11-,12-,13-,14?/m1/s1. The molecule has 1 aromatic carbocycles. The Balaban J connectivity index is 1.98. The SMILES string of the molecule is COC[C@H]1OC(C(=O)OCc2ccccc2)[C@H](F)[C@@H]1O[P+](C)=O. The molecule has 1 aliphatic rings. The number of hydrogen-bond acceptors (Lipinski definition) is 6. The molecule has 0 aromatic heterocycles. The van der Waals surface area contributed by atoms with E-state index in [9.17, 15) is 13.8 Å². The fourth-order valence-corrected chi connectivity index (χ4v) is 2.91. The minimum atomic E-state index is -2.04. The quantitative estimate of drug-likeness (QED) is 0.558. The lowest BCUT2D eigenvalue weighted by Gasteiger charge is -2.12. The number of carbonyl (C=O) groups excluding carboxylic acids is 1. The van der Waals surface area contributed by atoms with Crippen LogP contribution >= 0.6 is 8.03 Å². The predicted molar refractivity (Wildman–Crippen MR) is 80.1 cm³/mol. The third kappa shape index (κ3) is 4.78. The summed E-state index contributed by atoms with van der Waals surface area (Å²) in [6, 6.07) is 9.04. The van der Waals surface area contributed by atoms with Gasteiger partial charge in [-0.25, -0.2) is 9.18 Å². The number of benzene rings is 1. The van der Waals surface area contributed by atoms with E-state index < -0.39 is 38.5 Å². The van der Waals surface area contributed by atoms with Crippen LogP contribution in [-0.2, 0) is 34.7 Å².